The third-order valence-corrected chi connectivity index (χ3v) is 4.85. The van der Waals surface area contributed by atoms with E-state index in [1.54, 1.807) is 11.3 Å². The van der Waals surface area contributed by atoms with Crippen molar-refractivity contribution in [2.45, 2.75) is 25.7 Å². The van der Waals surface area contributed by atoms with Crippen molar-refractivity contribution >= 4 is 36.2 Å². The van der Waals surface area contributed by atoms with Crippen LogP contribution < -0.4 is 5.84 Å². The Bertz CT molecular complexity index is 581. The Morgan fingerprint density at radius 3 is 2.90 bits per heavy atom. The van der Waals surface area contributed by atoms with Crippen LogP contribution in [0.25, 0.3) is 5.70 Å². The minimum Gasteiger partial charge on any atom is -0.346 e. The molecule has 0 bridgehead atoms. The Kier molecular flexibility index (Phi) is 4.12. The molecule has 0 amide bonds. The Labute approximate surface area is 129 Å². The highest BCUT2D eigenvalue weighted by atomic mass is 35.5. The van der Waals surface area contributed by atoms with Crippen molar-refractivity contribution in [2.75, 3.05) is 5.88 Å². The highest BCUT2D eigenvalue weighted by molar-refractivity contribution is 6.18. The van der Waals surface area contributed by atoms with Gasteiger partial charge in [0.25, 0.3) is 0 Å². The normalized spacial score (nSPS) is 27.4. The van der Waals surface area contributed by atoms with Crippen LogP contribution in [-0.2, 0) is 0 Å². The summed E-state index contributed by atoms with van der Waals surface area (Å²) in [5, 5.41) is 1.55. The molecular formula is C15H20ClN5. The number of alkyl halides is 1. The molecule has 0 aromatic carbocycles. The van der Waals surface area contributed by atoms with E-state index in [0.717, 1.165) is 54.3 Å². The van der Waals surface area contributed by atoms with Crippen molar-refractivity contribution in [1.29, 1.82) is 0 Å². The van der Waals surface area contributed by atoms with Crippen LogP contribution >= 0.6 is 11.6 Å². The molecule has 1 fully saturated rings. The van der Waals surface area contributed by atoms with Crippen molar-refractivity contribution in [3.63, 3.8) is 0 Å². The SMILES string of the molecule is C=N/C(=C1/c2cc[nH]c2N=CN1N)C1CCC(CCl)CC1. The van der Waals surface area contributed by atoms with Gasteiger partial charge >= 0.3 is 0 Å². The third kappa shape index (κ3) is 2.63. The van der Waals surface area contributed by atoms with Gasteiger partial charge in [-0.1, -0.05) is 0 Å². The number of aromatic amines is 1. The number of rotatable bonds is 3. The van der Waals surface area contributed by atoms with Crippen LogP contribution in [0.15, 0.2) is 27.9 Å². The molecule has 2 aliphatic rings. The molecule has 1 saturated carbocycles. The molecule has 0 spiro atoms. The van der Waals surface area contributed by atoms with E-state index < -0.39 is 0 Å². The van der Waals surface area contributed by atoms with Gasteiger partial charge in [-0.3, -0.25) is 10.0 Å². The maximum atomic E-state index is 6.09. The van der Waals surface area contributed by atoms with Crippen molar-refractivity contribution in [3.8, 4) is 0 Å². The second kappa shape index (κ2) is 6.03. The number of fused-ring (bicyclic) bond motifs is 1. The summed E-state index contributed by atoms with van der Waals surface area (Å²) in [6.07, 6.45) is 7.92. The van der Waals surface area contributed by atoms with E-state index in [2.05, 4.69) is 21.7 Å². The van der Waals surface area contributed by atoms with Gasteiger partial charge in [0, 0.05) is 23.6 Å². The number of nitrogens with two attached hydrogens (primary N) is 1. The number of H-pyrrole nitrogens is 1. The topological polar surface area (TPSA) is 69.8 Å². The molecule has 0 unspecified atom stereocenters. The van der Waals surface area contributed by atoms with Crippen LogP contribution in [0, 0.1) is 11.8 Å². The van der Waals surface area contributed by atoms with E-state index in [1.165, 1.54) is 0 Å². The van der Waals surface area contributed by atoms with Crippen molar-refractivity contribution in [3.05, 3.63) is 23.5 Å². The Hall–Kier alpha value is -1.59. The smallest absolute Gasteiger partial charge is 0.141 e. The summed E-state index contributed by atoms with van der Waals surface area (Å²) in [6.45, 7) is 3.77. The third-order valence-electron chi connectivity index (χ3n) is 4.41. The number of aliphatic imine (C=N–C) groups is 2. The van der Waals surface area contributed by atoms with E-state index in [0.29, 0.717) is 11.8 Å². The zero-order chi connectivity index (χ0) is 14.8. The van der Waals surface area contributed by atoms with Gasteiger partial charge < -0.3 is 4.98 Å². The number of hydrazine groups is 1. The van der Waals surface area contributed by atoms with Crippen molar-refractivity contribution in [1.82, 2.24) is 9.99 Å². The first kappa shape index (κ1) is 14.4. The van der Waals surface area contributed by atoms with Crippen molar-refractivity contribution < 1.29 is 0 Å². The van der Waals surface area contributed by atoms with Crippen LogP contribution in [0.3, 0.4) is 0 Å². The quantitative estimate of drug-likeness (QED) is 0.511. The van der Waals surface area contributed by atoms with E-state index >= 15 is 0 Å². The Morgan fingerprint density at radius 2 is 2.24 bits per heavy atom. The first-order valence-electron chi connectivity index (χ1n) is 7.27. The zero-order valence-corrected chi connectivity index (χ0v) is 12.7. The molecule has 3 N–H and O–H groups in total. The lowest BCUT2D eigenvalue weighted by molar-refractivity contribution is 0.321. The zero-order valence-electron chi connectivity index (χ0n) is 11.9. The number of allylic oxidation sites excluding steroid dienone is 1. The summed E-state index contributed by atoms with van der Waals surface area (Å²) in [6, 6.07) is 1.98. The molecule has 3 rings (SSSR count). The average Bonchev–Trinajstić information content (AvgIpc) is 2.99. The number of nitrogens with zero attached hydrogens (tertiary/aromatic N) is 3. The summed E-state index contributed by atoms with van der Waals surface area (Å²) in [5.41, 5.74) is 2.87. The summed E-state index contributed by atoms with van der Waals surface area (Å²) in [5.74, 6) is 8.68. The number of halogens is 1. The van der Waals surface area contributed by atoms with Crippen LogP contribution in [0.1, 0.15) is 31.2 Å². The molecule has 6 heteroatoms. The van der Waals surface area contributed by atoms with E-state index in [4.69, 9.17) is 17.4 Å². The van der Waals surface area contributed by atoms with Crippen LogP contribution in [0.4, 0.5) is 5.82 Å². The van der Waals surface area contributed by atoms with E-state index in [1.807, 2.05) is 12.3 Å². The largest absolute Gasteiger partial charge is 0.346 e. The maximum absolute atomic E-state index is 6.09. The first-order chi connectivity index (χ1) is 10.2. The molecule has 1 aromatic rings. The standard InChI is InChI=1S/C15H20ClN5/c1-18-13(11-4-2-10(8-16)3-5-11)14-12-6-7-19-15(12)20-9-21(14)17/h6-7,9-11,19H,1-5,8,17H2/b14-13-. The summed E-state index contributed by atoms with van der Waals surface area (Å²) < 4.78 is 0. The number of hydrogen-bond acceptors (Lipinski definition) is 4. The van der Waals surface area contributed by atoms with Crippen LogP contribution in [0.2, 0.25) is 0 Å². The highest BCUT2D eigenvalue weighted by Crippen LogP contribution is 2.40. The molecule has 0 saturated heterocycles. The fourth-order valence-corrected chi connectivity index (χ4v) is 3.54. The van der Waals surface area contributed by atoms with Gasteiger partial charge in [-0.05, 0) is 44.4 Å². The fraction of sp³-hybridized carbons (Fsp3) is 0.467. The minimum atomic E-state index is 0.386. The van der Waals surface area contributed by atoms with Gasteiger partial charge in [-0.25, -0.2) is 10.8 Å². The molecule has 1 aliphatic heterocycles. The second-order valence-corrected chi connectivity index (χ2v) is 5.96. The molecule has 2 heterocycles. The first-order valence-corrected chi connectivity index (χ1v) is 7.80. The monoisotopic (exact) mass is 305 g/mol. The van der Waals surface area contributed by atoms with Gasteiger partial charge in [0.2, 0.25) is 0 Å². The molecule has 21 heavy (non-hydrogen) atoms. The van der Waals surface area contributed by atoms with Gasteiger partial charge in [0.15, 0.2) is 0 Å². The van der Waals surface area contributed by atoms with E-state index in [-0.39, 0.29) is 0 Å². The van der Waals surface area contributed by atoms with Gasteiger partial charge in [0.05, 0.1) is 11.4 Å². The molecule has 112 valence electrons. The van der Waals surface area contributed by atoms with Crippen LogP contribution in [0.5, 0.6) is 0 Å². The molecule has 1 aliphatic carbocycles. The van der Waals surface area contributed by atoms with Crippen LogP contribution in [-0.4, -0.2) is 28.9 Å². The predicted octanol–water partition coefficient (Wildman–Crippen LogP) is 3.28. The summed E-state index contributed by atoms with van der Waals surface area (Å²) >= 11 is 5.97. The van der Waals surface area contributed by atoms with Gasteiger partial charge in [-0.2, -0.15) is 0 Å². The molecule has 0 radical (unpaired) electrons. The lowest BCUT2D eigenvalue weighted by atomic mass is 9.80. The highest BCUT2D eigenvalue weighted by Gasteiger charge is 2.29. The summed E-state index contributed by atoms with van der Waals surface area (Å²) in [7, 11) is 0. The lowest BCUT2D eigenvalue weighted by Crippen LogP contribution is -2.31. The number of aromatic nitrogens is 1. The average molecular weight is 306 g/mol. The molecule has 5 nitrogen and oxygen atoms in total. The maximum Gasteiger partial charge on any atom is 0.141 e. The number of nitrogens with one attached hydrogen (secondary N) is 1. The second-order valence-electron chi connectivity index (χ2n) is 5.66. The molecule has 1 aromatic heterocycles. The van der Waals surface area contributed by atoms with Gasteiger partial charge in [-0.15, -0.1) is 11.6 Å². The van der Waals surface area contributed by atoms with Gasteiger partial charge in [0.1, 0.15) is 12.2 Å². The predicted molar refractivity (Wildman–Crippen MR) is 87.6 cm³/mol. The van der Waals surface area contributed by atoms with Crippen molar-refractivity contribution in [2.24, 2.45) is 27.7 Å². The molecule has 0 atom stereocenters. The summed E-state index contributed by atoms with van der Waals surface area (Å²) in [4.78, 5) is 11.7. The fourth-order valence-electron chi connectivity index (χ4n) is 3.23. The molecular weight excluding hydrogens is 286 g/mol. The Balaban J connectivity index is 1.95. The Morgan fingerprint density at radius 1 is 1.48 bits per heavy atom. The number of hydrogen-bond donors (Lipinski definition) is 2. The lowest BCUT2D eigenvalue weighted by Gasteiger charge is -2.31. The van der Waals surface area contributed by atoms with E-state index in [9.17, 15) is 0 Å². The minimum absolute atomic E-state index is 0.386.